The Balaban J connectivity index is 1.58. The van der Waals surface area contributed by atoms with Crippen molar-refractivity contribution in [3.05, 3.63) is 34.3 Å². The van der Waals surface area contributed by atoms with Crippen LogP contribution in [0.4, 0.5) is 0 Å². The number of thiophene rings is 1. The van der Waals surface area contributed by atoms with E-state index in [1.807, 2.05) is 32.6 Å². The molecule has 0 bridgehead atoms. The Morgan fingerprint density at radius 3 is 3.24 bits per heavy atom. The van der Waals surface area contributed by atoms with Crippen LogP contribution in [0.2, 0.25) is 0 Å². The standard InChI is InChI=1S/C14H18N4O2S/c1-20-9-12-7-18(16-15-12)13-2-4-17(8-13)14(19)6-11-3-5-21-10-11/h3,5,7,10,13H,2,4,6,8-9H2,1H3. The molecule has 7 heteroatoms. The van der Waals surface area contributed by atoms with E-state index in [0.717, 1.165) is 24.2 Å². The molecule has 1 aliphatic heterocycles. The lowest BCUT2D eigenvalue weighted by Gasteiger charge is -2.16. The molecule has 0 saturated carbocycles. The minimum atomic E-state index is 0.188. The van der Waals surface area contributed by atoms with Crippen molar-refractivity contribution in [3.63, 3.8) is 0 Å². The van der Waals surface area contributed by atoms with E-state index >= 15 is 0 Å². The van der Waals surface area contributed by atoms with Gasteiger partial charge >= 0.3 is 0 Å². The first kappa shape index (κ1) is 14.2. The topological polar surface area (TPSA) is 60.2 Å². The van der Waals surface area contributed by atoms with Crippen molar-refractivity contribution in [2.24, 2.45) is 0 Å². The van der Waals surface area contributed by atoms with Gasteiger partial charge in [0.25, 0.3) is 0 Å². The molecule has 2 aromatic heterocycles. The minimum Gasteiger partial charge on any atom is -0.378 e. The second-order valence-corrected chi connectivity index (χ2v) is 5.99. The van der Waals surface area contributed by atoms with E-state index in [4.69, 9.17) is 4.74 Å². The number of carbonyl (C=O) groups is 1. The summed E-state index contributed by atoms with van der Waals surface area (Å²) in [5, 5.41) is 12.2. The fourth-order valence-electron chi connectivity index (χ4n) is 2.57. The van der Waals surface area contributed by atoms with Gasteiger partial charge in [-0.1, -0.05) is 5.21 Å². The van der Waals surface area contributed by atoms with Crippen LogP contribution in [0.1, 0.15) is 23.7 Å². The van der Waals surface area contributed by atoms with Crippen LogP contribution in [0, 0.1) is 0 Å². The van der Waals surface area contributed by atoms with Crippen molar-refractivity contribution in [2.75, 3.05) is 20.2 Å². The second-order valence-electron chi connectivity index (χ2n) is 5.21. The van der Waals surface area contributed by atoms with Crippen molar-refractivity contribution in [3.8, 4) is 0 Å². The Kier molecular flexibility index (Phi) is 4.31. The van der Waals surface area contributed by atoms with E-state index in [-0.39, 0.29) is 11.9 Å². The predicted octanol–water partition coefficient (Wildman–Crippen LogP) is 1.50. The summed E-state index contributed by atoms with van der Waals surface area (Å²) in [6.07, 6.45) is 3.31. The first-order chi connectivity index (χ1) is 10.3. The molecule has 1 atom stereocenters. The predicted molar refractivity (Wildman–Crippen MR) is 79.0 cm³/mol. The van der Waals surface area contributed by atoms with Gasteiger partial charge in [0, 0.05) is 20.2 Å². The van der Waals surface area contributed by atoms with E-state index in [1.54, 1.807) is 18.4 Å². The Morgan fingerprint density at radius 1 is 1.57 bits per heavy atom. The van der Waals surface area contributed by atoms with Crippen LogP contribution in [0.5, 0.6) is 0 Å². The summed E-state index contributed by atoms with van der Waals surface area (Å²) < 4.78 is 6.90. The Morgan fingerprint density at radius 2 is 2.48 bits per heavy atom. The summed E-state index contributed by atoms with van der Waals surface area (Å²) in [5.74, 6) is 0.188. The molecule has 3 rings (SSSR count). The van der Waals surface area contributed by atoms with Gasteiger partial charge < -0.3 is 9.64 Å². The van der Waals surface area contributed by atoms with E-state index in [1.165, 1.54) is 0 Å². The SMILES string of the molecule is COCc1cn(C2CCN(C(=O)Cc3ccsc3)C2)nn1. The number of amides is 1. The van der Waals surface area contributed by atoms with Gasteiger partial charge in [-0.05, 0) is 28.8 Å². The Hall–Kier alpha value is -1.73. The summed E-state index contributed by atoms with van der Waals surface area (Å²) in [6, 6.07) is 2.22. The van der Waals surface area contributed by atoms with E-state index < -0.39 is 0 Å². The molecule has 1 saturated heterocycles. The smallest absolute Gasteiger partial charge is 0.227 e. The molecule has 21 heavy (non-hydrogen) atoms. The maximum absolute atomic E-state index is 12.3. The second kappa shape index (κ2) is 6.36. The lowest BCUT2D eigenvalue weighted by Crippen LogP contribution is -2.30. The summed E-state index contributed by atoms with van der Waals surface area (Å²) >= 11 is 1.62. The zero-order valence-corrected chi connectivity index (χ0v) is 12.8. The molecule has 1 amide bonds. The van der Waals surface area contributed by atoms with Gasteiger partial charge in [-0.15, -0.1) is 5.10 Å². The summed E-state index contributed by atoms with van der Waals surface area (Å²) in [6.45, 7) is 1.96. The third kappa shape index (κ3) is 3.30. The number of hydrogen-bond acceptors (Lipinski definition) is 5. The van der Waals surface area contributed by atoms with Crippen molar-refractivity contribution in [1.82, 2.24) is 19.9 Å². The molecule has 1 fully saturated rings. The molecule has 2 aromatic rings. The average molecular weight is 306 g/mol. The lowest BCUT2D eigenvalue weighted by molar-refractivity contribution is -0.129. The Labute approximate surface area is 127 Å². The summed E-state index contributed by atoms with van der Waals surface area (Å²) in [7, 11) is 1.64. The van der Waals surface area contributed by atoms with E-state index in [0.29, 0.717) is 19.6 Å². The molecule has 1 aliphatic rings. The molecular weight excluding hydrogens is 288 g/mol. The molecule has 6 nitrogen and oxygen atoms in total. The monoisotopic (exact) mass is 306 g/mol. The summed E-state index contributed by atoms with van der Waals surface area (Å²) in [4.78, 5) is 14.2. The molecule has 0 N–H and O–H groups in total. The molecule has 0 aromatic carbocycles. The van der Waals surface area contributed by atoms with Gasteiger partial charge in [0.15, 0.2) is 0 Å². The quantitative estimate of drug-likeness (QED) is 0.840. The zero-order chi connectivity index (χ0) is 14.7. The van der Waals surface area contributed by atoms with Crippen LogP contribution in [-0.4, -0.2) is 46.0 Å². The van der Waals surface area contributed by atoms with Gasteiger partial charge in [-0.3, -0.25) is 4.79 Å². The van der Waals surface area contributed by atoms with Crippen LogP contribution in [0.15, 0.2) is 23.0 Å². The summed E-state index contributed by atoms with van der Waals surface area (Å²) in [5.41, 5.74) is 1.91. The third-order valence-electron chi connectivity index (χ3n) is 3.68. The minimum absolute atomic E-state index is 0.188. The lowest BCUT2D eigenvalue weighted by atomic mass is 10.2. The highest BCUT2D eigenvalue weighted by Crippen LogP contribution is 2.22. The Bertz CT molecular complexity index is 596. The number of aromatic nitrogens is 3. The number of likely N-dealkylation sites (tertiary alicyclic amines) is 1. The van der Waals surface area contributed by atoms with Crippen LogP contribution < -0.4 is 0 Å². The number of nitrogens with zero attached hydrogens (tertiary/aromatic N) is 4. The third-order valence-corrected chi connectivity index (χ3v) is 4.41. The van der Waals surface area contributed by atoms with Crippen LogP contribution >= 0.6 is 11.3 Å². The molecule has 3 heterocycles. The highest BCUT2D eigenvalue weighted by Gasteiger charge is 2.28. The number of ether oxygens (including phenoxy) is 1. The van der Waals surface area contributed by atoms with E-state index in [2.05, 4.69) is 10.3 Å². The highest BCUT2D eigenvalue weighted by molar-refractivity contribution is 7.07. The number of rotatable bonds is 5. The fraction of sp³-hybridized carbons (Fsp3) is 0.500. The van der Waals surface area contributed by atoms with E-state index in [9.17, 15) is 4.79 Å². The van der Waals surface area contributed by atoms with Crippen molar-refractivity contribution in [2.45, 2.75) is 25.5 Å². The van der Waals surface area contributed by atoms with Crippen LogP contribution in [0.25, 0.3) is 0 Å². The van der Waals surface area contributed by atoms with Crippen molar-refractivity contribution < 1.29 is 9.53 Å². The molecule has 1 unspecified atom stereocenters. The molecular formula is C14H18N4O2S. The van der Waals surface area contributed by atoms with Crippen LogP contribution in [0.3, 0.4) is 0 Å². The van der Waals surface area contributed by atoms with Crippen molar-refractivity contribution >= 4 is 17.2 Å². The number of carbonyl (C=O) groups excluding carboxylic acids is 1. The van der Waals surface area contributed by atoms with Gasteiger partial charge in [0.1, 0.15) is 5.69 Å². The first-order valence-corrected chi connectivity index (χ1v) is 7.89. The van der Waals surface area contributed by atoms with Crippen LogP contribution in [-0.2, 0) is 22.6 Å². The first-order valence-electron chi connectivity index (χ1n) is 6.95. The van der Waals surface area contributed by atoms with Gasteiger partial charge in [0.2, 0.25) is 5.91 Å². The normalized spacial score (nSPS) is 18.3. The molecule has 0 radical (unpaired) electrons. The average Bonchev–Trinajstić information content (AvgIpc) is 3.20. The van der Waals surface area contributed by atoms with Gasteiger partial charge in [-0.25, -0.2) is 4.68 Å². The largest absolute Gasteiger partial charge is 0.378 e. The fourth-order valence-corrected chi connectivity index (χ4v) is 3.24. The van der Waals surface area contributed by atoms with Gasteiger partial charge in [0.05, 0.1) is 25.3 Å². The molecule has 112 valence electrons. The highest BCUT2D eigenvalue weighted by atomic mass is 32.1. The number of hydrogen-bond donors (Lipinski definition) is 0. The zero-order valence-electron chi connectivity index (χ0n) is 11.9. The maximum Gasteiger partial charge on any atom is 0.227 e. The molecule has 0 spiro atoms. The molecule has 0 aliphatic carbocycles. The maximum atomic E-state index is 12.3. The number of methoxy groups -OCH3 is 1. The van der Waals surface area contributed by atoms with Gasteiger partial charge in [-0.2, -0.15) is 11.3 Å². The van der Waals surface area contributed by atoms with Crippen molar-refractivity contribution in [1.29, 1.82) is 0 Å².